The first kappa shape index (κ1) is 13.8. The molecule has 7 heteroatoms. The molecule has 92 valence electrons. The fourth-order valence-electron chi connectivity index (χ4n) is 1.15. The maximum Gasteiger partial charge on any atom is 0.213 e. The normalized spacial score (nSPS) is 10.9. The van der Waals surface area contributed by atoms with Crippen LogP contribution in [0, 0.1) is 11.3 Å². The Kier molecular flexibility index (Phi) is 4.75. The van der Waals surface area contributed by atoms with E-state index >= 15 is 0 Å². The van der Waals surface area contributed by atoms with E-state index in [1.54, 1.807) is 18.2 Å². The van der Waals surface area contributed by atoms with Crippen molar-refractivity contribution in [2.75, 3.05) is 24.7 Å². The molecule has 2 N–H and O–H groups in total. The van der Waals surface area contributed by atoms with E-state index in [-0.39, 0.29) is 12.3 Å². The van der Waals surface area contributed by atoms with Crippen LogP contribution in [-0.2, 0) is 10.0 Å². The molecule has 0 saturated heterocycles. The number of benzene rings is 1. The fraction of sp³-hybridized carbons (Fsp3) is 0.300. The summed E-state index contributed by atoms with van der Waals surface area (Å²) >= 11 is 5.83. The molecule has 0 unspecified atom stereocenters. The molecule has 17 heavy (non-hydrogen) atoms. The first-order valence-electron chi connectivity index (χ1n) is 4.83. The lowest BCUT2D eigenvalue weighted by Gasteiger charge is -2.07. The summed E-state index contributed by atoms with van der Waals surface area (Å²) in [6.45, 7) is 0.269. The number of nitrogens with zero attached hydrogens (tertiary/aromatic N) is 1. The van der Waals surface area contributed by atoms with Crippen molar-refractivity contribution in [1.29, 1.82) is 5.26 Å². The highest BCUT2D eigenvalue weighted by molar-refractivity contribution is 7.89. The Bertz CT molecular complexity index is 537. The summed E-state index contributed by atoms with van der Waals surface area (Å²) in [6, 6.07) is 6.79. The second-order valence-electron chi connectivity index (χ2n) is 3.26. The minimum absolute atomic E-state index is 0.0267. The average molecular weight is 274 g/mol. The molecule has 1 aromatic rings. The van der Waals surface area contributed by atoms with Crippen molar-refractivity contribution in [1.82, 2.24) is 4.72 Å². The molecule has 0 bridgehead atoms. The van der Waals surface area contributed by atoms with Gasteiger partial charge in [0, 0.05) is 12.2 Å². The predicted molar refractivity (Wildman–Crippen MR) is 67.5 cm³/mol. The minimum Gasteiger partial charge on any atom is -0.384 e. The van der Waals surface area contributed by atoms with Crippen LogP contribution in [0.2, 0.25) is 5.02 Å². The van der Waals surface area contributed by atoms with Gasteiger partial charge in [-0.2, -0.15) is 5.26 Å². The van der Waals surface area contributed by atoms with Crippen molar-refractivity contribution >= 4 is 27.3 Å². The van der Waals surface area contributed by atoms with E-state index in [1.807, 2.05) is 6.07 Å². The highest BCUT2D eigenvalue weighted by Gasteiger charge is 2.06. The number of halogens is 1. The standard InChI is InChI=1S/C10H12ClN3O2S/c1-13-17(15,16)5-4-14-9-3-2-8(7-12)10(11)6-9/h2-3,6,13-14H,4-5H2,1H3. The van der Waals surface area contributed by atoms with Gasteiger partial charge in [-0.05, 0) is 25.2 Å². The number of sulfonamides is 1. The maximum absolute atomic E-state index is 11.1. The number of nitriles is 1. The fourth-order valence-corrected chi connectivity index (χ4v) is 1.95. The van der Waals surface area contributed by atoms with Crippen LogP contribution in [0.4, 0.5) is 5.69 Å². The van der Waals surface area contributed by atoms with E-state index in [4.69, 9.17) is 16.9 Å². The van der Waals surface area contributed by atoms with E-state index in [9.17, 15) is 8.42 Å². The molecule has 0 saturated carbocycles. The van der Waals surface area contributed by atoms with Crippen molar-refractivity contribution < 1.29 is 8.42 Å². The molecule has 0 aliphatic rings. The SMILES string of the molecule is CNS(=O)(=O)CCNc1ccc(C#N)c(Cl)c1. The average Bonchev–Trinajstić information content (AvgIpc) is 2.29. The summed E-state index contributed by atoms with van der Waals surface area (Å²) < 4.78 is 24.5. The molecule has 0 aliphatic carbocycles. The van der Waals surface area contributed by atoms with Crippen LogP contribution < -0.4 is 10.0 Å². The van der Waals surface area contributed by atoms with Crippen molar-refractivity contribution in [3.8, 4) is 6.07 Å². The van der Waals surface area contributed by atoms with Gasteiger partial charge in [0.2, 0.25) is 10.0 Å². The van der Waals surface area contributed by atoms with Crippen LogP contribution in [0.3, 0.4) is 0 Å². The number of hydrogen-bond donors (Lipinski definition) is 2. The molecule has 0 aromatic heterocycles. The van der Waals surface area contributed by atoms with Gasteiger partial charge in [0.15, 0.2) is 0 Å². The Morgan fingerprint density at radius 2 is 2.18 bits per heavy atom. The minimum atomic E-state index is -3.21. The quantitative estimate of drug-likeness (QED) is 0.844. The highest BCUT2D eigenvalue weighted by Crippen LogP contribution is 2.19. The lowest BCUT2D eigenvalue weighted by molar-refractivity contribution is 0.588. The number of rotatable bonds is 5. The summed E-state index contributed by atoms with van der Waals surface area (Å²) in [4.78, 5) is 0. The van der Waals surface area contributed by atoms with Crippen molar-refractivity contribution in [2.45, 2.75) is 0 Å². The zero-order chi connectivity index (χ0) is 12.9. The van der Waals surface area contributed by atoms with Crippen LogP contribution in [-0.4, -0.2) is 27.8 Å². The summed E-state index contributed by atoms with van der Waals surface area (Å²) in [5, 5.41) is 11.9. The Morgan fingerprint density at radius 1 is 1.47 bits per heavy atom. The molecule has 0 atom stereocenters. The largest absolute Gasteiger partial charge is 0.384 e. The molecule has 0 aliphatic heterocycles. The van der Waals surface area contributed by atoms with Gasteiger partial charge in [-0.15, -0.1) is 0 Å². The third kappa shape index (κ3) is 4.23. The van der Waals surface area contributed by atoms with Crippen LogP contribution >= 0.6 is 11.6 Å². The zero-order valence-corrected chi connectivity index (χ0v) is 10.8. The van der Waals surface area contributed by atoms with Crippen molar-refractivity contribution in [2.24, 2.45) is 0 Å². The molecule has 0 amide bonds. The van der Waals surface area contributed by atoms with Gasteiger partial charge in [0.05, 0.1) is 16.3 Å². The number of anilines is 1. The van der Waals surface area contributed by atoms with Gasteiger partial charge in [-0.3, -0.25) is 0 Å². The molecular formula is C10H12ClN3O2S. The van der Waals surface area contributed by atoms with Crippen molar-refractivity contribution in [3.05, 3.63) is 28.8 Å². The Morgan fingerprint density at radius 3 is 2.71 bits per heavy atom. The molecule has 0 heterocycles. The van der Waals surface area contributed by atoms with E-state index in [0.717, 1.165) is 0 Å². The number of hydrogen-bond acceptors (Lipinski definition) is 4. The van der Waals surface area contributed by atoms with Crippen LogP contribution in [0.5, 0.6) is 0 Å². The van der Waals surface area contributed by atoms with Crippen LogP contribution in [0.15, 0.2) is 18.2 Å². The smallest absolute Gasteiger partial charge is 0.213 e. The van der Waals surface area contributed by atoms with Crippen LogP contribution in [0.1, 0.15) is 5.56 Å². The second kappa shape index (κ2) is 5.87. The van der Waals surface area contributed by atoms with E-state index < -0.39 is 10.0 Å². The maximum atomic E-state index is 11.1. The lowest BCUT2D eigenvalue weighted by Crippen LogP contribution is -2.26. The van der Waals surface area contributed by atoms with Crippen molar-refractivity contribution in [3.63, 3.8) is 0 Å². The molecule has 5 nitrogen and oxygen atoms in total. The first-order valence-corrected chi connectivity index (χ1v) is 6.86. The van der Waals surface area contributed by atoms with Gasteiger partial charge >= 0.3 is 0 Å². The zero-order valence-electron chi connectivity index (χ0n) is 9.20. The third-order valence-electron chi connectivity index (χ3n) is 2.10. The Balaban J connectivity index is 2.60. The van der Waals surface area contributed by atoms with Gasteiger partial charge in [0.1, 0.15) is 6.07 Å². The Labute approximate surface area is 105 Å². The van der Waals surface area contributed by atoms with Gasteiger partial charge in [0.25, 0.3) is 0 Å². The summed E-state index contributed by atoms with van der Waals surface area (Å²) in [6.07, 6.45) is 0. The number of nitrogens with one attached hydrogen (secondary N) is 2. The highest BCUT2D eigenvalue weighted by atomic mass is 35.5. The van der Waals surface area contributed by atoms with Gasteiger partial charge in [-0.1, -0.05) is 11.6 Å². The summed E-state index contributed by atoms with van der Waals surface area (Å²) in [5.41, 5.74) is 1.07. The predicted octanol–water partition coefficient (Wildman–Crippen LogP) is 1.17. The molecule has 1 rings (SSSR count). The van der Waals surface area contributed by atoms with E-state index in [0.29, 0.717) is 16.3 Å². The molecular weight excluding hydrogens is 262 g/mol. The van der Waals surface area contributed by atoms with E-state index in [2.05, 4.69) is 10.0 Å². The first-order chi connectivity index (χ1) is 7.98. The van der Waals surface area contributed by atoms with E-state index in [1.165, 1.54) is 7.05 Å². The van der Waals surface area contributed by atoms with Gasteiger partial charge < -0.3 is 5.32 Å². The Hall–Kier alpha value is -1.29. The van der Waals surface area contributed by atoms with Gasteiger partial charge in [-0.25, -0.2) is 13.1 Å². The third-order valence-corrected chi connectivity index (χ3v) is 3.78. The summed E-state index contributed by atoms with van der Waals surface area (Å²) in [7, 11) is -1.84. The molecule has 0 fully saturated rings. The topological polar surface area (TPSA) is 82.0 Å². The monoisotopic (exact) mass is 273 g/mol. The molecule has 0 radical (unpaired) electrons. The summed E-state index contributed by atoms with van der Waals surface area (Å²) in [5.74, 6) is -0.0267. The lowest BCUT2D eigenvalue weighted by atomic mass is 10.2. The molecule has 0 spiro atoms. The molecule has 1 aromatic carbocycles. The van der Waals surface area contributed by atoms with Crippen LogP contribution in [0.25, 0.3) is 0 Å². The second-order valence-corrected chi connectivity index (χ2v) is 5.71.